The molecule has 2 fully saturated rings. The van der Waals surface area contributed by atoms with Crippen LogP contribution in [0.5, 0.6) is 0 Å². The van der Waals surface area contributed by atoms with Crippen LogP contribution in [0.4, 0.5) is 0 Å². The van der Waals surface area contributed by atoms with Crippen LogP contribution in [0.15, 0.2) is 0 Å². The molecule has 3 atom stereocenters. The highest BCUT2D eigenvalue weighted by Gasteiger charge is 2.39. The van der Waals surface area contributed by atoms with Crippen molar-refractivity contribution in [3.8, 4) is 0 Å². The van der Waals surface area contributed by atoms with Crippen LogP contribution >= 0.6 is 0 Å². The number of hydrogen-bond acceptors (Lipinski definition) is 3. The van der Waals surface area contributed by atoms with Crippen LogP contribution in [0.3, 0.4) is 0 Å². The summed E-state index contributed by atoms with van der Waals surface area (Å²) in [6.07, 6.45) is 6.09. The lowest BCUT2D eigenvalue weighted by Crippen LogP contribution is -2.54. The molecule has 3 unspecified atom stereocenters. The second-order valence-electron chi connectivity index (χ2n) is 7.23. The van der Waals surface area contributed by atoms with Crippen LogP contribution < -0.4 is 5.32 Å². The first-order valence-corrected chi connectivity index (χ1v) is 8.16. The minimum atomic E-state index is -0.0945. The Bertz CT molecular complexity index is 280. The van der Waals surface area contributed by atoms with Crippen LogP contribution in [0.1, 0.15) is 52.9 Å². The van der Waals surface area contributed by atoms with Crippen molar-refractivity contribution >= 4 is 0 Å². The third-order valence-electron chi connectivity index (χ3n) is 5.11. The molecule has 3 nitrogen and oxygen atoms in total. The van der Waals surface area contributed by atoms with E-state index >= 15 is 0 Å². The van der Waals surface area contributed by atoms with Crippen molar-refractivity contribution in [2.75, 3.05) is 26.2 Å². The first-order valence-electron chi connectivity index (χ1n) is 8.16. The summed E-state index contributed by atoms with van der Waals surface area (Å²) >= 11 is 0. The van der Waals surface area contributed by atoms with E-state index in [1.54, 1.807) is 0 Å². The van der Waals surface area contributed by atoms with Crippen molar-refractivity contribution in [2.24, 2.45) is 11.3 Å². The van der Waals surface area contributed by atoms with Crippen LogP contribution in [-0.2, 0) is 0 Å². The SMILES string of the molecule is CCNC1C(CN2CCCC(O)C2)CCCC1(C)C. The van der Waals surface area contributed by atoms with E-state index in [1.807, 2.05) is 0 Å². The second-order valence-corrected chi connectivity index (χ2v) is 7.23. The Labute approximate surface area is 118 Å². The third-order valence-corrected chi connectivity index (χ3v) is 5.11. The molecule has 0 aromatic rings. The lowest BCUT2D eigenvalue weighted by atomic mass is 9.67. The zero-order valence-electron chi connectivity index (χ0n) is 13.0. The summed E-state index contributed by atoms with van der Waals surface area (Å²) in [5.41, 5.74) is 0.410. The number of rotatable bonds is 4. The van der Waals surface area contributed by atoms with Gasteiger partial charge in [0.1, 0.15) is 0 Å². The summed E-state index contributed by atoms with van der Waals surface area (Å²) in [6, 6.07) is 0.630. The van der Waals surface area contributed by atoms with E-state index in [9.17, 15) is 5.11 Å². The summed E-state index contributed by atoms with van der Waals surface area (Å²) in [7, 11) is 0. The zero-order chi connectivity index (χ0) is 13.9. The zero-order valence-corrected chi connectivity index (χ0v) is 13.0. The van der Waals surface area contributed by atoms with Gasteiger partial charge in [-0.05, 0) is 50.1 Å². The van der Waals surface area contributed by atoms with Gasteiger partial charge in [0.15, 0.2) is 0 Å². The molecular formula is C16H32N2O. The van der Waals surface area contributed by atoms with Gasteiger partial charge in [-0.2, -0.15) is 0 Å². The molecule has 19 heavy (non-hydrogen) atoms. The molecule has 3 heteroatoms. The van der Waals surface area contributed by atoms with Gasteiger partial charge in [-0.15, -0.1) is 0 Å². The number of nitrogens with one attached hydrogen (secondary N) is 1. The summed E-state index contributed by atoms with van der Waals surface area (Å²) in [6.45, 7) is 11.3. The Morgan fingerprint density at radius 2 is 2.05 bits per heavy atom. The molecule has 112 valence electrons. The van der Waals surface area contributed by atoms with Crippen molar-refractivity contribution in [3.05, 3.63) is 0 Å². The number of piperidine rings is 1. The van der Waals surface area contributed by atoms with Crippen molar-refractivity contribution in [3.63, 3.8) is 0 Å². The van der Waals surface area contributed by atoms with Gasteiger partial charge in [0.05, 0.1) is 6.10 Å². The fourth-order valence-corrected chi connectivity index (χ4v) is 4.17. The van der Waals surface area contributed by atoms with Crippen molar-refractivity contribution in [1.29, 1.82) is 0 Å². The summed E-state index contributed by atoms with van der Waals surface area (Å²) in [4.78, 5) is 2.49. The number of aliphatic hydroxyl groups is 1. The van der Waals surface area contributed by atoms with Gasteiger partial charge in [0.2, 0.25) is 0 Å². The average Bonchev–Trinajstić information content (AvgIpc) is 2.33. The van der Waals surface area contributed by atoms with Gasteiger partial charge in [-0.3, -0.25) is 0 Å². The summed E-state index contributed by atoms with van der Waals surface area (Å²) in [5.74, 6) is 0.744. The molecule has 2 rings (SSSR count). The molecule has 1 aliphatic heterocycles. The number of hydrogen-bond donors (Lipinski definition) is 2. The molecule has 2 aliphatic rings. The smallest absolute Gasteiger partial charge is 0.0667 e. The molecule has 0 aromatic heterocycles. The molecule has 1 saturated heterocycles. The van der Waals surface area contributed by atoms with Gasteiger partial charge in [-0.1, -0.05) is 27.2 Å². The topological polar surface area (TPSA) is 35.5 Å². The van der Waals surface area contributed by atoms with E-state index in [1.165, 1.54) is 25.8 Å². The fourth-order valence-electron chi connectivity index (χ4n) is 4.17. The Morgan fingerprint density at radius 3 is 2.74 bits per heavy atom. The fraction of sp³-hybridized carbons (Fsp3) is 1.00. The number of nitrogens with zero attached hydrogens (tertiary/aromatic N) is 1. The molecule has 0 amide bonds. The Balaban J connectivity index is 1.96. The van der Waals surface area contributed by atoms with E-state index in [2.05, 4.69) is 31.0 Å². The minimum absolute atomic E-state index is 0.0945. The molecule has 2 N–H and O–H groups in total. The quantitative estimate of drug-likeness (QED) is 0.821. The monoisotopic (exact) mass is 268 g/mol. The lowest BCUT2D eigenvalue weighted by molar-refractivity contribution is 0.0339. The molecular weight excluding hydrogens is 236 g/mol. The maximum Gasteiger partial charge on any atom is 0.0667 e. The largest absolute Gasteiger partial charge is 0.392 e. The predicted molar refractivity (Wildman–Crippen MR) is 80.3 cm³/mol. The highest BCUT2D eigenvalue weighted by molar-refractivity contribution is 4.94. The Kier molecular flexibility index (Phi) is 5.27. The number of β-amino-alcohol motifs (C(OH)–C–C–N with tert-alkyl or cyclic N) is 1. The molecule has 0 aromatic carbocycles. The number of aliphatic hydroxyl groups excluding tert-OH is 1. The van der Waals surface area contributed by atoms with Gasteiger partial charge < -0.3 is 15.3 Å². The first-order chi connectivity index (χ1) is 9.03. The minimum Gasteiger partial charge on any atom is -0.392 e. The van der Waals surface area contributed by atoms with E-state index in [-0.39, 0.29) is 6.10 Å². The highest BCUT2D eigenvalue weighted by atomic mass is 16.3. The lowest BCUT2D eigenvalue weighted by Gasteiger charge is -2.46. The van der Waals surface area contributed by atoms with E-state index in [0.717, 1.165) is 38.4 Å². The normalized spacial score (nSPS) is 36.3. The van der Waals surface area contributed by atoms with Crippen LogP contribution in [0, 0.1) is 11.3 Å². The Morgan fingerprint density at radius 1 is 1.26 bits per heavy atom. The molecule has 1 aliphatic carbocycles. The maximum absolute atomic E-state index is 9.82. The van der Waals surface area contributed by atoms with E-state index in [4.69, 9.17) is 0 Å². The van der Waals surface area contributed by atoms with Gasteiger partial charge in [0.25, 0.3) is 0 Å². The summed E-state index contributed by atoms with van der Waals surface area (Å²) < 4.78 is 0. The summed E-state index contributed by atoms with van der Waals surface area (Å²) in [5, 5.41) is 13.6. The molecule has 0 radical (unpaired) electrons. The molecule has 1 saturated carbocycles. The third kappa shape index (κ3) is 3.93. The second kappa shape index (κ2) is 6.55. The standard InChI is InChI=1S/C16H32N2O/c1-4-17-15-13(7-5-9-16(15,2)3)11-18-10-6-8-14(19)12-18/h13-15,17,19H,4-12H2,1-3H3. The first kappa shape index (κ1) is 15.3. The average molecular weight is 268 g/mol. The predicted octanol–water partition coefficient (Wildman–Crippen LogP) is 2.25. The van der Waals surface area contributed by atoms with Gasteiger partial charge in [0, 0.05) is 19.1 Å². The van der Waals surface area contributed by atoms with Crippen LogP contribution in [-0.4, -0.2) is 48.3 Å². The Hall–Kier alpha value is -0.120. The van der Waals surface area contributed by atoms with E-state index < -0.39 is 0 Å². The maximum atomic E-state index is 9.82. The molecule has 1 heterocycles. The van der Waals surface area contributed by atoms with Crippen molar-refractivity contribution < 1.29 is 5.11 Å². The van der Waals surface area contributed by atoms with E-state index in [0.29, 0.717) is 11.5 Å². The van der Waals surface area contributed by atoms with Crippen molar-refractivity contribution in [2.45, 2.75) is 65.0 Å². The van der Waals surface area contributed by atoms with Crippen molar-refractivity contribution in [1.82, 2.24) is 10.2 Å². The van der Waals surface area contributed by atoms with Gasteiger partial charge in [-0.25, -0.2) is 0 Å². The molecule has 0 spiro atoms. The van der Waals surface area contributed by atoms with Crippen LogP contribution in [0.25, 0.3) is 0 Å². The highest BCUT2D eigenvalue weighted by Crippen LogP contribution is 2.39. The molecule has 0 bridgehead atoms. The van der Waals surface area contributed by atoms with Crippen LogP contribution in [0.2, 0.25) is 0 Å². The number of likely N-dealkylation sites (tertiary alicyclic amines) is 1. The van der Waals surface area contributed by atoms with Gasteiger partial charge >= 0.3 is 0 Å².